The number of hydrogen-bond donors (Lipinski definition) is 1. The van der Waals surface area contributed by atoms with Crippen LogP contribution in [0.1, 0.15) is 5.56 Å². The fourth-order valence-electron chi connectivity index (χ4n) is 1.71. The number of nitrogens with zero attached hydrogens (tertiary/aromatic N) is 1. The predicted octanol–water partition coefficient (Wildman–Crippen LogP) is 3.65. The van der Waals surface area contributed by atoms with Crippen LogP contribution in [0.3, 0.4) is 0 Å². The van der Waals surface area contributed by atoms with Gasteiger partial charge < -0.3 is 14.1 Å². The fourth-order valence-corrected chi connectivity index (χ4v) is 3.22. The summed E-state index contributed by atoms with van der Waals surface area (Å²) >= 11 is 0. The number of hydrogen-bond acceptors (Lipinski definition) is 5. The van der Waals surface area contributed by atoms with E-state index in [-0.39, 0.29) is 12.1 Å². The highest BCUT2D eigenvalue weighted by Crippen LogP contribution is 2.17. The molecule has 0 aliphatic heterocycles. The first-order valence-electron chi connectivity index (χ1n) is 7.22. The Morgan fingerprint density at radius 2 is 1.59 bits per heavy atom. The molecule has 1 N–H and O–H groups in total. The second-order valence-corrected chi connectivity index (χ2v) is 15.9. The van der Waals surface area contributed by atoms with E-state index in [1.165, 1.54) is 0 Å². The molecule has 0 aromatic heterocycles. The van der Waals surface area contributed by atoms with Gasteiger partial charge in [-0.3, -0.25) is 0 Å². The Morgan fingerprint density at radius 1 is 1.05 bits per heavy atom. The molecule has 1 rings (SSSR count). The molecule has 0 unspecified atom stereocenters. The third-order valence-corrected chi connectivity index (χ3v) is 4.12. The molecule has 0 radical (unpaired) electrons. The molecule has 5 nitrogen and oxygen atoms in total. The van der Waals surface area contributed by atoms with Gasteiger partial charge in [-0.2, -0.15) is 0 Å². The van der Waals surface area contributed by atoms with Gasteiger partial charge in [-0.1, -0.05) is 17.3 Å². The van der Waals surface area contributed by atoms with Crippen molar-refractivity contribution in [3.63, 3.8) is 0 Å². The van der Waals surface area contributed by atoms with E-state index in [1.807, 2.05) is 43.9 Å². The monoisotopic (exact) mass is 339 g/mol. The van der Waals surface area contributed by atoms with E-state index >= 15 is 0 Å². The molecule has 0 fully saturated rings. The molecule has 1 aromatic carbocycles. The third kappa shape index (κ3) is 6.90. The minimum atomic E-state index is -2.01. The van der Waals surface area contributed by atoms with Crippen LogP contribution in [-0.4, -0.2) is 33.5 Å². The average molecular weight is 340 g/mol. The first kappa shape index (κ1) is 18.4. The zero-order valence-corrected chi connectivity index (χ0v) is 16.1. The summed E-state index contributed by atoms with van der Waals surface area (Å²) in [5.74, 6) is 0.263. The number of carbonyl (C=O) groups is 1. The summed E-state index contributed by atoms with van der Waals surface area (Å²) in [4.78, 5) is 12.0. The van der Waals surface area contributed by atoms with Crippen LogP contribution in [0.2, 0.25) is 39.3 Å². The molecule has 0 saturated carbocycles. The first-order valence-corrected chi connectivity index (χ1v) is 14.0. The van der Waals surface area contributed by atoms with Crippen molar-refractivity contribution in [2.75, 3.05) is 0 Å². The van der Waals surface area contributed by atoms with Crippen molar-refractivity contribution in [2.24, 2.45) is 5.16 Å². The van der Waals surface area contributed by atoms with Crippen LogP contribution >= 0.6 is 0 Å². The second-order valence-electron chi connectivity index (χ2n) is 7.08. The maximum Gasteiger partial charge on any atom is 0.343 e. The second kappa shape index (κ2) is 7.10. The molecule has 0 atom stereocenters. The van der Waals surface area contributed by atoms with Gasteiger partial charge in [0.1, 0.15) is 5.75 Å². The highest BCUT2D eigenvalue weighted by Gasteiger charge is 2.24. The van der Waals surface area contributed by atoms with Crippen molar-refractivity contribution in [1.82, 2.24) is 0 Å². The van der Waals surface area contributed by atoms with E-state index in [9.17, 15) is 4.79 Å². The van der Waals surface area contributed by atoms with Crippen LogP contribution in [0.25, 0.3) is 0 Å². The highest BCUT2D eigenvalue weighted by atomic mass is 28.4. The molecule has 0 spiro atoms. The molecule has 22 heavy (non-hydrogen) atoms. The summed E-state index contributed by atoms with van der Waals surface area (Å²) in [6.45, 7) is 12.1. The summed E-state index contributed by atoms with van der Waals surface area (Å²) in [6.07, 6.45) is 0.229. The quantitative estimate of drug-likeness (QED) is 0.372. The fraction of sp³-hybridized carbons (Fsp3) is 0.467. The van der Waals surface area contributed by atoms with Crippen LogP contribution in [0.15, 0.2) is 29.4 Å². The Kier molecular flexibility index (Phi) is 5.95. The lowest BCUT2D eigenvalue weighted by Gasteiger charge is -2.19. The molecule has 0 aliphatic carbocycles. The number of carbonyl (C=O) groups excluding carboxylic acids is 1. The normalized spacial score (nSPS) is 12.9. The predicted molar refractivity (Wildman–Crippen MR) is 92.8 cm³/mol. The van der Waals surface area contributed by atoms with Gasteiger partial charge in [-0.05, 0) is 57.0 Å². The lowest BCUT2D eigenvalue weighted by molar-refractivity contribution is -0.127. The molecule has 1 aromatic rings. The Balaban J connectivity index is 2.75. The lowest BCUT2D eigenvalue weighted by atomic mass is 10.1. The van der Waals surface area contributed by atoms with Crippen molar-refractivity contribution in [2.45, 2.75) is 45.7 Å². The van der Waals surface area contributed by atoms with Crippen molar-refractivity contribution < 1.29 is 18.9 Å². The standard InChI is InChI=1S/C15H25NO4Si2/c1-21(2,3)19-13-9-7-12(8-10-13)11-14(16-18)15(17)20-22(4,5)6/h7-10,18H,11H2,1-6H3/b16-14-. The van der Waals surface area contributed by atoms with Crippen molar-refractivity contribution in [3.05, 3.63) is 29.8 Å². The zero-order valence-electron chi connectivity index (χ0n) is 14.1. The Bertz CT molecular complexity index is 542. The van der Waals surface area contributed by atoms with Crippen LogP contribution in [0.5, 0.6) is 5.75 Å². The summed E-state index contributed by atoms with van der Waals surface area (Å²) in [5, 5.41) is 12.1. The minimum absolute atomic E-state index is 0.0151. The smallest absolute Gasteiger partial charge is 0.343 e. The lowest BCUT2D eigenvalue weighted by Crippen LogP contribution is -2.33. The third-order valence-electron chi connectivity index (χ3n) is 2.47. The molecule has 0 saturated heterocycles. The maximum atomic E-state index is 12.0. The molecular weight excluding hydrogens is 314 g/mol. The molecule has 0 aliphatic rings. The highest BCUT2D eigenvalue weighted by molar-refractivity contribution is 6.72. The Hall–Kier alpha value is -1.61. The van der Waals surface area contributed by atoms with Crippen LogP contribution in [-0.2, 0) is 15.6 Å². The van der Waals surface area contributed by atoms with E-state index in [4.69, 9.17) is 14.1 Å². The van der Waals surface area contributed by atoms with Gasteiger partial charge in [0, 0.05) is 6.42 Å². The summed E-state index contributed by atoms with van der Waals surface area (Å²) < 4.78 is 11.2. The van der Waals surface area contributed by atoms with Gasteiger partial charge in [-0.25, -0.2) is 4.79 Å². The van der Waals surface area contributed by atoms with Crippen molar-refractivity contribution in [1.29, 1.82) is 0 Å². The van der Waals surface area contributed by atoms with E-state index in [1.54, 1.807) is 0 Å². The van der Waals surface area contributed by atoms with E-state index < -0.39 is 22.6 Å². The van der Waals surface area contributed by atoms with E-state index in [0.29, 0.717) is 0 Å². The molecular formula is C15H25NO4Si2. The maximum absolute atomic E-state index is 12.0. The molecule has 0 amide bonds. The summed E-state index contributed by atoms with van der Waals surface area (Å²) in [7, 11) is -3.64. The van der Waals surface area contributed by atoms with Crippen LogP contribution in [0.4, 0.5) is 0 Å². The van der Waals surface area contributed by atoms with Crippen LogP contribution < -0.4 is 4.43 Å². The molecule has 7 heteroatoms. The van der Waals surface area contributed by atoms with E-state index in [0.717, 1.165) is 11.3 Å². The Morgan fingerprint density at radius 3 is 2.00 bits per heavy atom. The number of rotatable bonds is 6. The van der Waals surface area contributed by atoms with Gasteiger partial charge in [0.2, 0.25) is 16.6 Å². The van der Waals surface area contributed by atoms with Crippen molar-refractivity contribution in [3.8, 4) is 5.75 Å². The molecule has 0 heterocycles. The largest absolute Gasteiger partial charge is 0.544 e. The first-order chi connectivity index (χ1) is 10.00. The van der Waals surface area contributed by atoms with Gasteiger partial charge in [0.05, 0.1) is 0 Å². The SMILES string of the molecule is C[Si](C)(C)OC(=O)/C(Cc1ccc(O[Si](C)(C)C)cc1)=N\O. The average Bonchev–Trinajstić information content (AvgIpc) is 2.33. The van der Waals surface area contributed by atoms with E-state index in [2.05, 4.69) is 24.8 Å². The van der Waals surface area contributed by atoms with Gasteiger partial charge in [0.15, 0.2) is 5.71 Å². The summed E-state index contributed by atoms with van der Waals surface area (Å²) in [5.41, 5.74) is 0.879. The van der Waals surface area contributed by atoms with Gasteiger partial charge in [0.25, 0.3) is 0 Å². The van der Waals surface area contributed by atoms with Gasteiger partial charge in [-0.15, -0.1) is 0 Å². The van der Waals surface area contributed by atoms with Crippen LogP contribution in [0, 0.1) is 0 Å². The van der Waals surface area contributed by atoms with Crippen molar-refractivity contribution >= 4 is 28.3 Å². The summed E-state index contributed by atoms with van der Waals surface area (Å²) in [6, 6.07) is 7.46. The van der Waals surface area contributed by atoms with Gasteiger partial charge >= 0.3 is 5.97 Å². The molecule has 0 bridgehead atoms. The zero-order chi connectivity index (χ0) is 17.0. The Labute approximate surface area is 134 Å². The molecule has 122 valence electrons. The number of benzene rings is 1. The number of oxime groups is 1. The minimum Gasteiger partial charge on any atom is -0.544 e. The topological polar surface area (TPSA) is 68.1 Å².